The molecule has 3 unspecified atom stereocenters. The lowest BCUT2D eigenvalue weighted by Gasteiger charge is -2.29. The summed E-state index contributed by atoms with van der Waals surface area (Å²) in [4.78, 5) is 12.5. The summed E-state index contributed by atoms with van der Waals surface area (Å²) in [5.74, 6) is 2.06. The van der Waals surface area contributed by atoms with Gasteiger partial charge in [0, 0.05) is 18.0 Å². The Labute approximate surface area is 120 Å². The van der Waals surface area contributed by atoms with Gasteiger partial charge in [0.1, 0.15) is 5.76 Å². The molecular weight excluding hydrogens is 252 g/mol. The molecule has 1 amide bonds. The van der Waals surface area contributed by atoms with Gasteiger partial charge in [0.25, 0.3) is 5.91 Å². The first kappa shape index (κ1) is 13.7. The van der Waals surface area contributed by atoms with Crippen molar-refractivity contribution in [2.75, 3.05) is 0 Å². The standard InChI is InChI=1S/C16H24N2O2/c1-10-7-8-14-12(9-10)15(18-20-14)16(19)17-13-6-4-3-5-11(13)2/h10-11,13H,3-9H2,1-2H3,(H,17,19). The third-order valence-electron chi connectivity index (χ3n) is 4.93. The van der Waals surface area contributed by atoms with Crippen LogP contribution in [0, 0.1) is 11.8 Å². The van der Waals surface area contributed by atoms with Crippen molar-refractivity contribution >= 4 is 5.91 Å². The van der Waals surface area contributed by atoms with Crippen molar-refractivity contribution in [3.05, 3.63) is 17.0 Å². The third-order valence-corrected chi connectivity index (χ3v) is 4.93. The van der Waals surface area contributed by atoms with E-state index in [0.29, 0.717) is 23.6 Å². The normalized spacial score (nSPS) is 29.8. The van der Waals surface area contributed by atoms with Crippen molar-refractivity contribution < 1.29 is 9.32 Å². The van der Waals surface area contributed by atoms with Crippen LogP contribution in [0.15, 0.2) is 4.52 Å². The fourth-order valence-corrected chi connectivity index (χ4v) is 3.52. The van der Waals surface area contributed by atoms with Gasteiger partial charge in [0.05, 0.1) is 0 Å². The van der Waals surface area contributed by atoms with Crippen LogP contribution in [-0.4, -0.2) is 17.1 Å². The van der Waals surface area contributed by atoms with Gasteiger partial charge in [-0.15, -0.1) is 0 Å². The van der Waals surface area contributed by atoms with E-state index in [1.165, 1.54) is 19.3 Å². The van der Waals surface area contributed by atoms with E-state index in [1.807, 2.05) is 0 Å². The van der Waals surface area contributed by atoms with E-state index in [9.17, 15) is 4.79 Å². The fourth-order valence-electron chi connectivity index (χ4n) is 3.52. The summed E-state index contributed by atoms with van der Waals surface area (Å²) < 4.78 is 5.36. The fraction of sp³-hybridized carbons (Fsp3) is 0.750. The number of nitrogens with zero attached hydrogens (tertiary/aromatic N) is 1. The minimum Gasteiger partial charge on any atom is -0.360 e. The molecule has 2 aliphatic rings. The maximum absolute atomic E-state index is 12.5. The van der Waals surface area contributed by atoms with E-state index < -0.39 is 0 Å². The molecule has 1 heterocycles. The monoisotopic (exact) mass is 276 g/mol. The predicted molar refractivity (Wildman–Crippen MR) is 76.6 cm³/mol. The van der Waals surface area contributed by atoms with Crippen LogP contribution in [0.5, 0.6) is 0 Å². The molecule has 0 bridgehead atoms. The first-order chi connectivity index (χ1) is 9.65. The number of carbonyl (C=O) groups excluding carboxylic acids is 1. The van der Waals surface area contributed by atoms with E-state index in [2.05, 4.69) is 24.3 Å². The number of aromatic nitrogens is 1. The Hall–Kier alpha value is -1.32. The number of nitrogens with one attached hydrogen (secondary N) is 1. The van der Waals surface area contributed by atoms with Gasteiger partial charge in [0.15, 0.2) is 5.69 Å². The van der Waals surface area contributed by atoms with Gasteiger partial charge >= 0.3 is 0 Å². The zero-order valence-corrected chi connectivity index (χ0v) is 12.4. The van der Waals surface area contributed by atoms with E-state index in [1.54, 1.807) is 0 Å². The Balaban J connectivity index is 1.73. The average Bonchev–Trinajstić information content (AvgIpc) is 2.84. The second-order valence-corrected chi connectivity index (χ2v) is 6.62. The smallest absolute Gasteiger partial charge is 0.273 e. The zero-order chi connectivity index (χ0) is 14.1. The Morgan fingerprint density at radius 2 is 2.05 bits per heavy atom. The zero-order valence-electron chi connectivity index (χ0n) is 12.4. The van der Waals surface area contributed by atoms with Crippen molar-refractivity contribution in [3.63, 3.8) is 0 Å². The number of carbonyl (C=O) groups is 1. The first-order valence-electron chi connectivity index (χ1n) is 7.93. The Bertz CT molecular complexity index is 495. The molecular formula is C16H24N2O2. The molecule has 1 N–H and O–H groups in total. The number of fused-ring (bicyclic) bond motifs is 1. The van der Waals surface area contributed by atoms with E-state index >= 15 is 0 Å². The summed E-state index contributed by atoms with van der Waals surface area (Å²) in [6, 6.07) is 0.296. The van der Waals surface area contributed by atoms with Crippen LogP contribution in [0.4, 0.5) is 0 Å². The molecule has 110 valence electrons. The van der Waals surface area contributed by atoms with Crippen molar-refractivity contribution in [3.8, 4) is 0 Å². The van der Waals surface area contributed by atoms with Crippen LogP contribution in [0.25, 0.3) is 0 Å². The van der Waals surface area contributed by atoms with Crippen LogP contribution < -0.4 is 5.32 Å². The van der Waals surface area contributed by atoms with E-state index in [4.69, 9.17) is 4.52 Å². The van der Waals surface area contributed by atoms with Gasteiger partial charge < -0.3 is 9.84 Å². The van der Waals surface area contributed by atoms with Crippen molar-refractivity contribution in [2.45, 2.75) is 64.8 Å². The van der Waals surface area contributed by atoms with Gasteiger partial charge in [0.2, 0.25) is 0 Å². The quantitative estimate of drug-likeness (QED) is 0.903. The van der Waals surface area contributed by atoms with Crippen LogP contribution in [-0.2, 0) is 12.8 Å². The lowest BCUT2D eigenvalue weighted by atomic mass is 9.85. The maximum Gasteiger partial charge on any atom is 0.273 e. The first-order valence-corrected chi connectivity index (χ1v) is 7.93. The SMILES string of the molecule is CC1CCc2onc(C(=O)NC3CCCCC3C)c2C1. The highest BCUT2D eigenvalue weighted by Crippen LogP contribution is 2.29. The summed E-state index contributed by atoms with van der Waals surface area (Å²) >= 11 is 0. The molecule has 3 atom stereocenters. The molecule has 0 saturated heterocycles. The molecule has 1 saturated carbocycles. The number of hydrogen-bond acceptors (Lipinski definition) is 3. The molecule has 2 aliphatic carbocycles. The predicted octanol–water partition coefficient (Wildman–Crippen LogP) is 3.11. The average molecular weight is 276 g/mol. The minimum atomic E-state index is -0.0390. The summed E-state index contributed by atoms with van der Waals surface area (Å²) in [7, 11) is 0. The van der Waals surface area contributed by atoms with Gasteiger partial charge in [-0.05, 0) is 37.5 Å². The maximum atomic E-state index is 12.5. The molecule has 1 aromatic heterocycles. The van der Waals surface area contributed by atoms with Crippen LogP contribution in [0.2, 0.25) is 0 Å². The molecule has 0 radical (unpaired) electrons. The van der Waals surface area contributed by atoms with E-state index in [-0.39, 0.29) is 5.91 Å². The number of hydrogen-bond donors (Lipinski definition) is 1. The van der Waals surface area contributed by atoms with Crippen molar-refractivity contribution in [1.29, 1.82) is 0 Å². The van der Waals surface area contributed by atoms with Crippen molar-refractivity contribution in [1.82, 2.24) is 10.5 Å². The van der Waals surface area contributed by atoms with Crippen molar-refractivity contribution in [2.24, 2.45) is 11.8 Å². The Morgan fingerprint density at radius 1 is 1.25 bits per heavy atom. The highest BCUT2D eigenvalue weighted by molar-refractivity contribution is 5.94. The Morgan fingerprint density at radius 3 is 2.85 bits per heavy atom. The number of aryl methyl sites for hydroxylation is 1. The van der Waals surface area contributed by atoms with E-state index in [0.717, 1.165) is 37.0 Å². The summed E-state index contributed by atoms with van der Waals surface area (Å²) in [6.45, 7) is 4.45. The molecule has 0 aromatic carbocycles. The van der Waals surface area contributed by atoms with Crippen LogP contribution in [0.1, 0.15) is 67.8 Å². The second-order valence-electron chi connectivity index (χ2n) is 6.62. The highest BCUT2D eigenvalue weighted by atomic mass is 16.5. The Kier molecular flexibility index (Phi) is 3.81. The number of amides is 1. The summed E-state index contributed by atoms with van der Waals surface area (Å²) in [5, 5.41) is 7.21. The van der Waals surface area contributed by atoms with Crippen LogP contribution in [0.3, 0.4) is 0 Å². The lowest BCUT2D eigenvalue weighted by molar-refractivity contribution is 0.0900. The van der Waals surface area contributed by atoms with Gasteiger partial charge in [-0.1, -0.05) is 31.8 Å². The molecule has 1 aromatic rings. The van der Waals surface area contributed by atoms with Gasteiger partial charge in [-0.3, -0.25) is 4.79 Å². The topological polar surface area (TPSA) is 55.1 Å². The summed E-state index contributed by atoms with van der Waals surface area (Å²) in [6.07, 6.45) is 7.75. The molecule has 3 rings (SSSR count). The van der Waals surface area contributed by atoms with Gasteiger partial charge in [-0.2, -0.15) is 0 Å². The molecule has 20 heavy (non-hydrogen) atoms. The molecule has 4 nitrogen and oxygen atoms in total. The van der Waals surface area contributed by atoms with Crippen LogP contribution >= 0.6 is 0 Å². The summed E-state index contributed by atoms with van der Waals surface area (Å²) in [5.41, 5.74) is 1.58. The second kappa shape index (κ2) is 5.58. The van der Waals surface area contributed by atoms with Gasteiger partial charge in [-0.25, -0.2) is 0 Å². The largest absolute Gasteiger partial charge is 0.360 e. The molecule has 0 spiro atoms. The minimum absolute atomic E-state index is 0.0390. The highest BCUT2D eigenvalue weighted by Gasteiger charge is 2.29. The molecule has 0 aliphatic heterocycles. The third kappa shape index (κ3) is 2.60. The molecule has 4 heteroatoms. The number of rotatable bonds is 2. The molecule has 1 fully saturated rings. The lowest BCUT2D eigenvalue weighted by Crippen LogP contribution is -2.41.